The molecule has 0 spiro atoms. The molecule has 4 aromatic carbocycles. The molecule has 0 saturated carbocycles. The minimum atomic E-state index is -0.851. The van der Waals surface area contributed by atoms with E-state index >= 15 is 0 Å². The maximum atomic E-state index is 11.2. The third-order valence-electron chi connectivity index (χ3n) is 6.38. The lowest BCUT2D eigenvalue weighted by molar-refractivity contribution is -0.138. The number of carboxylic acids is 1. The molecule has 0 heterocycles. The van der Waals surface area contributed by atoms with Crippen LogP contribution in [0.1, 0.15) is 71.1 Å². The zero-order valence-electron chi connectivity index (χ0n) is 21.7. The second-order valence-corrected chi connectivity index (χ2v) is 11.2. The van der Waals surface area contributed by atoms with E-state index in [2.05, 4.69) is 12.1 Å². The lowest BCUT2D eigenvalue weighted by Crippen LogP contribution is -2.19. The van der Waals surface area contributed by atoms with Gasteiger partial charge in [-0.15, -0.1) is 0 Å². The summed E-state index contributed by atoms with van der Waals surface area (Å²) in [5.74, 6) is -0.808. The first-order chi connectivity index (χ1) is 16.2. The molecule has 0 aromatic heterocycles. The topological polar surface area (TPSA) is 77.8 Å². The standard InChI is InChI=1S/C17H26O3.C14H10O/c1-10(15(19)20)11-8-12(16(2,3)4)14(18)13(9-11)17(5,6)7;15-14-7-3-6-12-11-5-2-1-4-10(11)8-9-13(12)14/h8-10,18H,1-7H3,(H,19,20);1-9,15H. The number of rotatable bonds is 2. The summed E-state index contributed by atoms with van der Waals surface area (Å²) in [5.41, 5.74) is 1.86. The van der Waals surface area contributed by atoms with E-state index in [4.69, 9.17) is 0 Å². The predicted molar refractivity (Wildman–Crippen MR) is 145 cm³/mol. The van der Waals surface area contributed by atoms with Crippen LogP contribution in [0.4, 0.5) is 0 Å². The Labute approximate surface area is 207 Å². The van der Waals surface area contributed by atoms with Gasteiger partial charge < -0.3 is 15.3 Å². The van der Waals surface area contributed by atoms with Crippen molar-refractivity contribution in [1.29, 1.82) is 0 Å². The van der Waals surface area contributed by atoms with Crippen LogP contribution in [0.3, 0.4) is 0 Å². The van der Waals surface area contributed by atoms with E-state index in [1.165, 1.54) is 10.8 Å². The zero-order valence-corrected chi connectivity index (χ0v) is 21.7. The first-order valence-electron chi connectivity index (χ1n) is 11.9. The highest BCUT2D eigenvalue weighted by Gasteiger charge is 2.28. The van der Waals surface area contributed by atoms with Gasteiger partial charge in [0.25, 0.3) is 0 Å². The lowest BCUT2D eigenvalue weighted by Gasteiger charge is -2.28. The Bertz CT molecular complexity index is 1340. The third kappa shape index (κ3) is 5.59. The summed E-state index contributed by atoms with van der Waals surface area (Å²) >= 11 is 0. The van der Waals surface area contributed by atoms with Crippen LogP contribution in [0.2, 0.25) is 0 Å². The molecule has 0 bridgehead atoms. The van der Waals surface area contributed by atoms with Crippen molar-refractivity contribution in [3.63, 3.8) is 0 Å². The predicted octanol–water partition coefficient (Wildman–Crippen LogP) is 7.87. The van der Waals surface area contributed by atoms with E-state index in [1.54, 1.807) is 13.0 Å². The van der Waals surface area contributed by atoms with Crippen LogP contribution in [0.5, 0.6) is 11.5 Å². The van der Waals surface area contributed by atoms with Crippen molar-refractivity contribution in [2.24, 2.45) is 0 Å². The number of phenolic OH excluding ortho intramolecular Hbond substituents is 2. The second-order valence-electron chi connectivity index (χ2n) is 11.2. The highest BCUT2D eigenvalue weighted by Crippen LogP contribution is 2.41. The average molecular weight is 473 g/mol. The maximum Gasteiger partial charge on any atom is 0.310 e. The average Bonchev–Trinajstić information content (AvgIpc) is 2.77. The molecular weight excluding hydrogens is 436 g/mol. The molecule has 1 atom stereocenters. The summed E-state index contributed by atoms with van der Waals surface area (Å²) in [7, 11) is 0. The monoisotopic (exact) mass is 472 g/mol. The molecule has 0 fully saturated rings. The summed E-state index contributed by atoms with van der Waals surface area (Å²) in [6, 6.07) is 21.5. The maximum absolute atomic E-state index is 11.2. The van der Waals surface area contributed by atoms with Crippen molar-refractivity contribution in [3.8, 4) is 11.5 Å². The SMILES string of the molecule is CC(C(=O)O)c1cc(C(C)(C)C)c(O)c(C(C)(C)C)c1.Oc1cccc2c1ccc1ccccc12. The molecular formula is C31H36O4. The molecule has 4 aromatic rings. The van der Waals surface area contributed by atoms with Crippen molar-refractivity contribution in [3.05, 3.63) is 83.4 Å². The summed E-state index contributed by atoms with van der Waals surface area (Å²) < 4.78 is 0. The van der Waals surface area contributed by atoms with E-state index in [1.807, 2.05) is 90.1 Å². The second kappa shape index (κ2) is 9.61. The summed E-state index contributed by atoms with van der Waals surface area (Å²) in [6.45, 7) is 13.8. The van der Waals surface area contributed by atoms with Crippen LogP contribution >= 0.6 is 0 Å². The first-order valence-corrected chi connectivity index (χ1v) is 11.9. The van der Waals surface area contributed by atoms with E-state index in [0.717, 1.165) is 27.5 Å². The van der Waals surface area contributed by atoms with Crippen LogP contribution in [0, 0.1) is 0 Å². The number of aromatic hydroxyl groups is 2. The molecule has 35 heavy (non-hydrogen) atoms. The molecule has 1 unspecified atom stereocenters. The van der Waals surface area contributed by atoms with Gasteiger partial charge in [0.2, 0.25) is 0 Å². The van der Waals surface area contributed by atoms with Gasteiger partial charge in [-0.05, 0) is 56.7 Å². The molecule has 4 nitrogen and oxygen atoms in total. The lowest BCUT2D eigenvalue weighted by atomic mass is 9.77. The fourth-order valence-electron chi connectivity index (χ4n) is 4.22. The van der Waals surface area contributed by atoms with Gasteiger partial charge in [-0.2, -0.15) is 0 Å². The zero-order chi connectivity index (χ0) is 26.1. The summed E-state index contributed by atoms with van der Waals surface area (Å²) in [5, 5.41) is 33.9. The van der Waals surface area contributed by atoms with E-state index in [9.17, 15) is 20.1 Å². The fourth-order valence-corrected chi connectivity index (χ4v) is 4.22. The first kappa shape index (κ1) is 26.1. The van der Waals surface area contributed by atoms with Crippen LogP contribution in [0.25, 0.3) is 21.5 Å². The van der Waals surface area contributed by atoms with E-state index in [0.29, 0.717) is 5.75 Å². The molecule has 4 heteroatoms. The minimum Gasteiger partial charge on any atom is -0.507 e. The van der Waals surface area contributed by atoms with Crippen LogP contribution < -0.4 is 0 Å². The van der Waals surface area contributed by atoms with Gasteiger partial charge in [-0.1, -0.05) is 102 Å². The highest BCUT2D eigenvalue weighted by atomic mass is 16.4. The van der Waals surface area contributed by atoms with E-state index < -0.39 is 11.9 Å². The molecule has 4 rings (SSSR count). The van der Waals surface area contributed by atoms with Gasteiger partial charge in [0.05, 0.1) is 5.92 Å². The number of fused-ring (bicyclic) bond motifs is 3. The number of carboxylic acid groups (broad SMARTS) is 1. The number of carbonyl (C=O) groups is 1. The van der Waals surface area contributed by atoms with Crippen molar-refractivity contribution in [2.75, 3.05) is 0 Å². The Balaban J connectivity index is 0.000000202. The minimum absolute atomic E-state index is 0.238. The number of hydrogen-bond acceptors (Lipinski definition) is 3. The quantitative estimate of drug-likeness (QED) is 0.259. The van der Waals surface area contributed by atoms with Crippen molar-refractivity contribution >= 4 is 27.5 Å². The van der Waals surface area contributed by atoms with Gasteiger partial charge in [-0.3, -0.25) is 4.79 Å². The van der Waals surface area contributed by atoms with Crippen molar-refractivity contribution < 1.29 is 20.1 Å². The van der Waals surface area contributed by atoms with Gasteiger partial charge in [-0.25, -0.2) is 0 Å². The fraction of sp³-hybridized carbons (Fsp3) is 0.323. The number of hydrogen-bond donors (Lipinski definition) is 3. The summed E-state index contributed by atoms with van der Waals surface area (Å²) in [4.78, 5) is 11.2. The number of benzene rings is 4. The molecule has 0 aliphatic heterocycles. The van der Waals surface area contributed by atoms with Crippen molar-refractivity contribution in [2.45, 2.75) is 65.2 Å². The number of aliphatic carboxylic acids is 1. The molecule has 3 N–H and O–H groups in total. The van der Waals surface area contributed by atoms with Gasteiger partial charge in [0, 0.05) is 5.39 Å². The van der Waals surface area contributed by atoms with E-state index in [-0.39, 0.29) is 16.6 Å². The molecule has 0 amide bonds. The van der Waals surface area contributed by atoms with Crippen LogP contribution in [-0.4, -0.2) is 21.3 Å². The van der Waals surface area contributed by atoms with Crippen LogP contribution in [-0.2, 0) is 15.6 Å². The van der Waals surface area contributed by atoms with Crippen molar-refractivity contribution in [1.82, 2.24) is 0 Å². The Morgan fingerprint density at radius 3 is 1.80 bits per heavy atom. The smallest absolute Gasteiger partial charge is 0.310 e. The Morgan fingerprint density at radius 1 is 0.714 bits per heavy atom. The normalized spacial score (nSPS) is 12.8. The van der Waals surface area contributed by atoms with Gasteiger partial charge >= 0.3 is 5.97 Å². The number of phenols is 2. The van der Waals surface area contributed by atoms with Crippen LogP contribution in [0.15, 0.2) is 66.7 Å². The molecule has 0 aliphatic rings. The third-order valence-corrected chi connectivity index (χ3v) is 6.38. The molecule has 0 saturated heterocycles. The Hall–Kier alpha value is -3.53. The molecule has 0 radical (unpaired) electrons. The summed E-state index contributed by atoms with van der Waals surface area (Å²) in [6.07, 6.45) is 0. The highest BCUT2D eigenvalue weighted by molar-refractivity contribution is 6.09. The largest absolute Gasteiger partial charge is 0.507 e. The van der Waals surface area contributed by atoms with Gasteiger partial charge in [0.15, 0.2) is 0 Å². The Morgan fingerprint density at radius 2 is 1.26 bits per heavy atom. The Kier molecular flexibility index (Phi) is 7.16. The van der Waals surface area contributed by atoms with Gasteiger partial charge in [0.1, 0.15) is 11.5 Å². The molecule has 0 aliphatic carbocycles. The molecule has 184 valence electrons.